The summed E-state index contributed by atoms with van der Waals surface area (Å²) < 4.78 is 4.67. The highest BCUT2D eigenvalue weighted by Gasteiger charge is 2.22. The summed E-state index contributed by atoms with van der Waals surface area (Å²) in [5, 5.41) is 11.0. The van der Waals surface area contributed by atoms with E-state index in [-0.39, 0.29) is 6.61 Å². The Morgan fingerprint density at radius 3 is 2.53 bits per heavy atom. The summed E-state index contributed by atoms with van der Waals surface area (Å²) in [6.07, 6.45) is 1.31. The standard InChI is InChI=1S/C9H18N2O4/c1-3-4-6(10)8(12)11-7(5-15-2)9(13)14/h6-7H,3-5,10H2,1-2H3,(H,11,12)(H,13,14). The number of carboxylic acid groups (broad SMARTS) is 1. The van der Waals surface area contributed by atoms with E-state index >= 15 is 0 Å². The van der Waals surface area contributed by atoms with Gasteiger partial charge in [-0.05, 0) is 6.42 Å². The van der Waals surface area contributed by atoms with Crippen LogP contribution in [0.1, 0.15) is 19.8 Å². The van der Waals surface area contributed by atoms with Gasteiger partial charge >= 0.3 is 5.97 Å². The number of carbonyl (C=O) groups is 2. The Bertz CT molecular complexity index is 220. The molecule has 0 aliphatic carbocycles. The maximum atomic E-state index is 11.4. The van der Waals surface area contributed by atoms with Crippen molar-refractivity contribution in [2.45, 2.75) is 31.8 Å². The number of ether oxygens (including phenoxy) is 1. The molecular formula is C9H18N2O4. The quantitative estimate of drug-likeness (QED) is 0.526. The van der Waals surface area contributed by atoms with E-state index in [1.165, 1.54) is 7.11 Å². The summed E-state index contributed by atoms with van der Waals surface area (Å²) in [6, 6.07) is -1.70. The number of amides is 1. The molecular weight excluding hydrogens is 200 g/mol. The van der Waals surface area contributed by atoms with Crippen LogP contribution in [0.25, 0.3) is 0 Å². The van der Waals surface area contributed by atoms with Gasteiger partial charge < -0.3 is 20.9 Å². The fourth-order valence-corrected chi connectivity index (χ4v) is 1.06. The first-order valence-corrected chi connectivity index (χ1v) is 4.80. The number of hydrogen-bond acceptors (Lipinski definition) is 4. The molecule has 2 unspecified atom stereocenters. The summed E-state index contributed by atoms with van der Waals surface area (Å²) in [6.45, 7) is 1.83. The number of aliphatic carboxylic acids is 1. The van der Waals surface area contributed by atoms with Gasteiger partial charge in [-0.15, -0.1) is 0 Å². The monoisotopic (exact) mass is 218 g/mol. The highest BCUT2D eigenvalue weighted by atomic mass is 16.5. The number of nitrogens with two attached hydrogens (primary N) is 1. The zero-order chi connectivity index (χ0) is 11.8. The van der Waals surface area contributed by atoms with Crippen molar-refractivity contribution in [2.24, 2.45) is 5.73 Å². The molecule has 0 saturated heterocycles. The lowest BCUT2D eigenvalue weighted by molar-refractivity contribution is -0.143. The van der Waals surface area contributed by atoms with Crippen LogP contribution < -0.4 is 11.1 Å². The van der Waals surface area contributed by atoms with Crippen LogP contribution in [-0.2, 0) is 14.3 Å². The van der Waals surface area contributed by atoms with Crippen molar-refractivity contribution < 1.29 is 19.4 Å². The zero-order valence-electron chi connectivity index (χ0n) is 9.03. The molecule has 0 heterocycles. The number of carbonyl (C=O) groups excluding carboxylic acids is 1. The molecule has 0 rings (SSSR count). The Kier molecular flexibility index (Phi) is 6.64. The van der Waals surface area contributed by atoms with Crippen LogP contribution in [0.3, 0.4) is 0 Å². The van der Waals surface area contributed by atoms with Crippen molar-refractivity contribution in [3.05, 3.63) is 0 Å². The molecule has 0 aromatic rings. The molecule has 1 amide bonds. The van der Waals surface area contributed by atoms with E-state index in [2.05, 4.69) is 10.1 Å². The second kappa shape index (κ2) is 7.19. The van der Waals surface area contributed by atoms with Crippen molar-refractivity contribution in [1.82, 2.24) is 5.32 Å². The lowest BCUT2D eigenvalue weighted by Crippen LogP contribution is -2.50. The van der Waals surface area contributed by atoms with Gasteiger partial charge in [0.1, 0.15) is 0 Å². The minimum atomic E-state index is -1.13. The molecule has 6 heteroatoms. The van der Waals surface area contributed by atoms with Crippen LogP contribution >= 0.6 is 0 Å². The van der Waals surface area contributed by atoms with Gasteiger partial charge in [0, 0.05) is 7.11 Å². The fraction of sp³-hybridized carbons (Fsp3) is 0.778. The van der Waals surface area contributed by atoms with E-state index in [1.807, 2.05) is 6.92 Å². The van der Waals surface area contributed by atoms with Gasteiger partial charge in [0.05, 0.1) is 12.6 Å². The van der Waals surface area contributed by atoms with Crippen LogP contribution in [0.5, 0.6) is 0 Å². The van der Waals surface area contributed by atoms with E-state index in [9.17, 15) is 9.59 Å². The minimum Gasteiger partial charge on any atom is -0.480 e. The second-order valence-electron chi connectivity index (χ2n) is 3.25. The predicted molar refractivity (Wildman–Crippen MR) is 54.3 cm³/mol. The van der Waals surface area contributed by atoms with Crippen LogP contribution in [0.15, 0.2) is 0 Å². The SMILES string of the molecule is CCCC(N)C(=O)NC(COC)C(=O)O. The molecule has 0 aliphatic rings. The number of methoxy groups -OCH3 is 1. The molecule has 0 spiro atoms. The van der Waals surface area contributed by atoms with Crippen molar-refractivity contribution in [3.8, 4) is 0 Å². The van der Waals surface area contributed by atoms with Crippen LogP contribution in [-0.4, -0.2) is 42.8 Å². The molecule has 0 saturated carbocycles. The molecule has 0 radical (unpaired) electrons. The lowest BCUT2D eigenvalue weighted by Gasteiger charge is -2.16. The molecule has 4 N–H and O–H groups in total. The van der Waals surface area contributed by atoms with Gasteiger partial charge in [0.25, 0.3) is 0 Å². The van der Waals surface area contributed by atoms with E-state index in [4.69, 9.17) is 10.8 Å². The first-order chi connectivity index (χ1) is 7.02. The van der Waals surface area contributed by atoms with Gasteiger partial charge in [-0.3, -0.25) is 4.79 Å². The van der Waals surface area contributed by atoms with E-state index in [0.717, 1.165) is 6.42 Å². The van der Waals surface area contributed by atoms with Crippen molar-refractivity contribution in [1.29, 1.82) is 0 Å². The van der Waals surface area contributed by atoms with E-state index < -0.39 is 24.0 Å². The lowest BCUT2D eigenvalue weighted by atomic mass is 10.1. The first-order valence-electron chi connectivity index (χ1n) is 4.80. The zero-order valence-corrected chi connectivity index (χ0v) is 9.03. The predicted octanol–water partition coefficient (Wildman–Crippen LogP) is -0.670. The molecule has 0 aromatic heterocycles. The van der Waals surface area contributed by atoms with E-state index in [1.54, 1.807) is 0 Å². The third kappa shape index (κ3) is 5.34. The Morgan fingerprint density at radius 1 is 1.53 bits per heavy atom. The molecule has 0 fully saturated rings. The maximum Gasteiger partial charge on any atom is 0.328 e. The van der Waals surface area contributed by atoms with Crippen molar-refractivity contribution >= 4 is 11.9 Å². The Morgan fingerprint density at radius 2 is 2.13 bits per heavy atom. The molecule has 6 nitrogen and oxygen atoms in total. The molecule has 0 aromatic carbocycles. The third-order valence-electron chi connectivity index (χ3n) is 1.88. The number of carboxylic acids is 1. The average molecular weight is 218 g/mol. The molecule has 15 heavy (non-hydrogen) atoms. The average Bonchev–Trinajstić information content (AvgIpc) is 2.17. The minimum absolute atomic E-state index is 0.0695. The van der Waals surface area contributed by atoms with Crippen LogP contribution in [0, 0.1) is 0 Å². The molecule has 2 atom stereocenters. The van der Waals surface area contributed by atoms with Crippen molar-refractivity contribution in [3.63, 3.8) is 0 Å². The summed E-state index contributed by atoms with van der Waals surface area (Å²) in [4.78, 5) is 22.0. The van der Waals surface area contributed by atoms with Gasteiger partial charge in [-0.25, -0.2) is 4.79 Å². The number of hydrogen-bond donors (Lipinski definition) is 3. The smallest absolute Gasteiger partial charge is 0.328 e. The number of nitrogens with one attached hydrogen (secondary N) is 1. The Balaban J connectivity index is 4.15. The Hall–Kier alpha value is -1.14. The van der Waals surface area contributed by atoms with Crippen molar-refractivity contribution in [2.75, 3.05) is 13.7 Å². The summed E-state index contributed by atoms with van der Waals surface area (Å²) >= 11 is 0. The normalized spacial score (nSPS) is 14.3. The summed E-state index contributed by atoms with van der Waals surface area (Å²) in [7, 11) is 1.37. The van der Waals surface area contributed by atoms with Gasteiger partial charge in [0.15, 0.2) is 6.04 Å². The van der Waals surface area contributed by atoms with E-state index in [0.29, 0.717) is 6.42 Å². The highest BCUT2D eigenvalue weighted by Crippen LogP contribution is 1.95. The fourth-order valence-electron chi connectivity index (χ4n) is 1.06. The van der Waals surface area contributed by atoms with Gasteiger partial charge in [0.2, 0.25) is 5.91 Å². The maximum absolute atomic E-state index is 11.4. The first kappa shape index (κ1) is 13.9. The largest absolute Gasteiger partial charge is 0.480 e. The molecule has 0 aliphatic heterocycles. The summed E-state index contributed by atoms with van der Waals surface area (Å²) in [5.41, 5.74) is 5.53. The van der Waals surface area contributed by atoms with Crippen LogP contribution in [0.4, 0.5) is 0 Å². The molecule has 88 valence electrons. The Labute approximate surface area is 88.8 Å². The van der Waals surface area contributed by atoms with Gasteiger partial charge in [-0.1, -0.05) is 13.3 Å². The van der Waals surface area contributed by atoms with Crippen LogP contribution in [0.2, 0.25) is 0 Å². The summed E-state index contributed by atoms with van der Waals surface area (Å²) in [5.74, 6) is -1.59. The topological polar surface area (TPSA) is 102 Å². The highest BCUT2D eigenvalue weighted by molar-refractivity contribution is 5.86. The molecule has 0 bridgehead atoms. The second-order valence-corrected chi connectivity index (χ2v) is 3.25. The van der Waals surface area contributed by atoms with Gasteiger partial charge in [-0.2, -0.15) is 0 Å². The number of rotatable bonds is 7. The third-order valence-corrected chi connectivity index (χ3v) is 1.88.